The van der Waals surface area contributed by atoms with Gasteiger partial charge in [0.15, 0.2) is 0 Å². The van der Waals surface area contributed by atoms with E-state index in [0.717, 1.165) is 12.1 Å². The molecule has 1 aliphatic heterocycles. The van der Waals surface area contributed by atoms with Crippen LogP contribution in [0, 0.1) is 0 Å². The second kappa shape index (κ2) is 6.13. The lowest BCUT2D eigenvalue weighted by molar-refractivity contribution is -0.138. The first-order chi connectivity index (χ1) is 9.91. The summed E-state index contributed by atoms with van der Waals surface area (Å²) in [5, 5.41) is 9.38. The number of rotatable bonds is 4. The van der Waals surface area contributed by atoms with Crippen LogP contribution >= 0.6 is 0 Å². The number of hydrogen-bond donors (Lipinski definition) is 1. The van der Waals surface area contributed by atoms with E-state index in [1.807, 2.05) is 37.2 Å². The van der Waals surface area contributed by atoms with E-state index in [0.29, 0.717) is 18.7 Å². The summed E-state index contributed by atoms with van der Waals surface area (Å²) in [4.78, 5) is 29.0. The quantitative estimate of drug-likeness (QED) is 0.903. The van der Waals surface area contributed by atoms with Crippen molar-refractivity contribution in [2.75, 3.05) is 39.1 Å². The molecule has 21 heavy (non-hydrogen) atoms. The number of nitrogens with zero attached hydrogens (tertiary/aromatic N) is 3. The zero-order valence-corrected chi connectivity index (χ0v) is 12.6. The molecule has 1 aliphatic rings. The summed E-state index contributed by atoms with van der Waals surface area (Å²) in [6.07, 6.45) is 0.360. The lowest BCUT2D eigenvalue weighted by Crippen LogP contribution is -2.49. The number of anilines is 1. The highest BCUT2D eigenvalue weighted by molar-refractivity contribution is 6.00. The van der Waals surface area contributed by atoms with Gasteiger partial charge in [0.05, 0.1) is 0 Å². The summed E-state index contributed by atoms with van der Waals surface area (Å²) in [7, 11) is 5.57. The van der Waals surface area contributed by atoms with Crippen LogP contribution in [-0.2, 0) is 11.2 Å². The maximum absolute atomic E-state index is 12.6. The molecule has 1 aromatic carbocycles. The van der Waals surface area contributed by atoms with E-state index >= 15 is 0 Å². The summed E-state index contributed by atoms with van der Waals surface area (Å²) < 4.78 is 0. The van der Waals surface area contributed by atoms with Gasteiger partial charge in [-0.1, -0.05) is 18.2 Å². The van der Waals surface area contributed by atoms with Crippen LogP contribution in [0.3, 0.4) is 0 Å². The van der Waals surface area contributed by atoms with Gasteiger partial charge < -0.3 is 14.9 Å². The second-order valence-electron chi connectivity index (χ2n) is 5.56. The third kappa shape index (κ3) is 3.16. The Labute approximate surface area is 124 Å². The Hall–Kier alpha value is -2.08. The van der Waals surface area contributed by atoms with Crippen LogP contribution < -0.4 is 4.90 Å². The van der Waals surface area contributed by atoms with Crippen molar-refractivity contribution in [3.63, 3.8) is 0 Å². The molecular formula is C15H21N3O3. The molecule has 0 spiro atoms. The normalized spacial score (nSPS) is 17.0. The second-order valence-corrected chi connectivity index (χ2v) is 5.56. The SMILES string of the molecule is CN(C)CCN(C)C(=O)N1c2ccccc2C[C@H]1C(=O)O. The van der Waals surface area contributed by atoms with Gasteiger partial charge in [0, 0.05) is 32.2 Å². The zero-order chi connectivity index (χ0) is 15.6. The smallest absolute Gasteiger partial charge is 0.327 e. The highest BCUT2D eigenvalue weighted by Gasteiger charge is 2.39. The molecule has 0 radical (unpaired) electrons. The molecule has 2 amide bonds. The maximum atomic E-state index is 12.6. The first-order valence-electron chi connectivity index (χ1n) is 6.91. The minimum atomic E-state index is -0.972. The van der Waals surface area contributed by atoms with Gasteiger partial charge >= 0.3 is 12.0 Å². The van der Waals surface area contributed by atoms with Crippen LogP contribution in [0.5, 0.6) is 0 Å². The molecule has 1 N–H and O–H groups in total. The monoisotopic (exact) mass is 291 g/mol. The van der Waals surface area contributed by atoms with E-state index in [-0.39, 0.29) is 6.03 Å². The third-order valence-corrected chi connectivity index (χ3v) is 3.68. The van der Waals surface area contributed by atoms with Crippen molar-refractivity contribution in [3.8, 4) is 0 Å². The van der Waals surface area contributed by atoms with Crippen LogP contribution in [0.1, 0.15) is 5.56 Å². The fourth-order valence-corrected chi connectivity index (χ4v) is 2.45. The number of likely N-dealkylation sites (N-methyl/N-ethyl adjacent to an activating group) is 2. The Morgan fingerprint density at radius 2 is 1.90 bits per heavy atom. The topological polar surface area (TPSA) is 64.1 Å². The Balaban J connectivity index is 2.22. The van der Waals surface area contributed by atoms with Crippen LogP contribution in [-0.4, -0.2) is 67.2 Å². The maximum Gasteiger partial charge on any atom is 0.327 e. The van der Waals surface area contributed by atoms with Crippen molar-refractivity contribution < 1.29 is 14.7 Å². The van der Waals surface area contributed by atoms with E-state index in [4.69, 9.17) is 0 Å². The van der Waals surface area contributed by atoms with Gasteiger partial charge in [-0.15, -0.1) is 0 Å². The summed E-state index contributed by atoms with van der Waals surface area (Å²) in [6, 6.07) is 6.27. The number of carbonyl (C=O) groups excluding carboxylic acids is 1. The van der Waals surface area contributed by atoms with Crippen molar-refractivity contribution in [2.24, 2.45) is 0 Å². The summed E-state index contributed by atoms with van der Waals surface area (Å²) >= 11 is 0. The zero-order valence-electron chi connectivity index (χ0n) is 12.6. The van der Waals surface area contributed by atoms with Crippen molar-refractivity contribution in [1.29, 1.82) is 0 Å². The molecule has 0 fully saturated rings. The Bertz CT molecular complexity index is 545. The molecule has 1 atom stereocenters. The molecule has 0 saturated heterocycles. The molecule has 0 aromatic heterocycles. The molecule has 1 heterocycles. The minimum Gasteiger partial charge on any atom is -0.480 e. The molecule has 6 heteroatoms. The number of amides is 2. The summed E-state index contributed by atoms with van der Waals surface area (Å²) in [5.74, 6) is -0.972. The molecule has 0 saturated carbocycles. The predicted molar refractivity (Wildman–Crippen MR) is 80.6 cm³/mol. The van der Waals surface area contributed by atoms with E-state index in [1.165, 1.54) is 4.90 Å². The molecule has 0 bridgehead atoms. The predicted octanol–water partition coefficient (Wildman–Crippen LogP) is 1.12. The fraction of sp³-hybridized carbons (Fsp3) is 0.467. The number of carboxylic acids is 1. The van der Waals surface area contributed by atoms with Gasteiger partial charge in [-0.25, -0.2) is 9.59 Å². The molecule has 1 aromatic rings. The van der Waals surface area contributed by atoms with Gasteiger partial charge in [-0.05, 0) is 25.7 Å². The number of hydrogen-bond acceptors (Lipinski definition) is 3. The standard InChI is InChI=1S/C15H21N3O3/c1-16(2)8-9-17(3)15(21)18-12-7-5-4-6-11(12)10-13(18)14(19)20/h4-7,13H,8-10H2,1-3H3,(H,19,20)/t13-/m0/s1. The first-order valence-corrected chi connectivity index (χ1v) is 6.91. The van der Waals surface area contributed by atoms with E-state index in [2.05, 4.69) is 0 Å². The molecule has 0 aliphatic carbocycles. The lowest BCUT2D eigenvalue weighted by atomic mass is 10.1. The van der Waals surface area contributed by atoms with Crippen LogP contribution in [0.25, 0.3) is 0 Å². The van der Waals surface area contributed by atoms with E-state index < -0.39 is 12.0 Å². The molecule has 2 rings (SSSR count). The highest BCUT2D eigenvalue weighted by atomic mass is 16.4. The Kier molecular flexibility index (Phi) is 4.47. The molecule has 6 nitrogen and oxygen atoms in total. The number of urea groups is 1. The summed E-state index contributed by atoms with van der Waals surface area (Å²) in [6.45, 7) is 1.28. The number of aliphatic carboxylic acids is 1. The van der Waals surface area contributed by atoms with Gasteiger partial charge in [0.2, 0.25) is 0 Å². The molecular weight excluding hydrogens is 270 g/mol. The van der Waals surface area contributed by atoms with Gasteiger partial charge in [-0.2, -0.15) is 0 Å². The van der Waals surface area contributed by atoms with Crippen molar-refractivity contribution in [2.45, 2.75) is 12.5 Å². The van der Waals surface area contributed by atoms with Crippen molar-refractivity contribution >= 4 is 17.7 Å². The van der Waals surface area contributed by atoms with Crippen LogP contribution in [0.4, 0.5) is 10.5 Å². The van der Waals surface area contributed by atoms with Crippen LogP contribution in [0.15, 0.2) is 24.3 Å². The molecule has 114 valence electrons. The first kappa shape index (κ1) is 15.3. The van der Waals surface area contributed by atoms with E-state index in [1.54, 1.807) is 18.0 Å². The average Bonchev–Trinajstić information content (AvgIpc) is 2.83. The minimum absolute atomic E-state index is 0.269. The van der Waals surface area contributed by atoms with Crippen LogP contribution in [0.2, 0.25) is 0 Å². The van der Waals surface area contributed by atoms with Gasteiger partial charge in [0.25, 0.3) is 0 Å². The Morgan fingerprint density at radius 1 is 1.24 bits per heavy atom. The lowest BCUT2D eigenvalue weighted by Gasteiger charge is -2.29. The average molecular weight is 291 g/mol. The Morgan fingerprint density at radius 3 is 2.52 bits per heavy atom. The molecule has 0 unspecified atom stereocenters. The van der Waals surface area contributed by atoms with Crippen molar-refractivity contribution in [3.05, 3.63) is 29.8 Å². The number of carboxylic acid groups (broad SMARTS) is 1. The fourth-order valence-electron chi connectivity index (χ4n) is 2.45. The number of benzene rings is 1. The largest absolute Gasteiger partial charge is 0.480 e. The van der Waals surface area contributed by atoms with E-state index in [9.17, 15) is 14.7 Å². The van der Waals surface area contributed by atoms with Crippen molar-refractivity contribution in [1.82, 2.24) is 9.80 Å². The number of fused-ring (bicyclic) bond motifs is 1. The number of para-hydroxylation sites is 1. The van der Waals surface area contributed by atoms with Gasteiger partial charge in [-0.3, -0.25) is 4.90 Å². The summed E-state index contributed by atoms with van der Waals surface area (Å²) in [5.41, 5.74) is 1.60. The highest BCUT2D eigenvalue weighted by Crippen LogP contribution is 2.32. The third-order valence-electron chi connectivity index (χ3n) is 3.68. The van der Waals surface area contributed by atoms with Gasteiger partial charge in [0.1, 0.15) is 6.04 Å². The number of carbonyl (C=O) groups is 2.